The lowest BCUT2D eigenvalue weighted by atomic mass is 10.1. The van der Waals surface area contributed by atoms with Crippen molar-refractivity contribution in [1.29, 1.82) is 0 Å². The predicted molar refractivity (Wildman–Crippen MR) is 79.3 cm³/mol. The van der Waals surface area contributed by atoms with E-state index in [1.54, 1.807) is 13.2 Å². The molecule has 0 aliphatic heterocycles. The SMILES string of the molecule is COCCn1ncc(Br)c1C(=O)c1cc(Br)ccc1F. The van der Waals surface area contributed by atoms with E-state index in [0.29, 0.717) is 27.8 Å². The second-order valence-electron chi connectivity index (χ2n) is 4.01. The molecule has 1 aromatic carbocycles. The van der Waals surface area contributed by atoms with Crippen molar-refractivity contribution in [2.45, 2.75) is 6.54 Å². The van der Waals surface area contributed by atoms with Gasteiger partial charge in [-0.05, 0) is 34.1 Å². The average Bonchev–Trinajstić information content (AvgIpc) is 2.79. The van der Waals surface area contributed by atoms with Gasteiger partial charge in [0.15, 0.2) is 0 Å². The van der Waals surface area contributed by atoms with E-state index in [1.807, 2.05) is 0 Å². The zero-order valence-corrected chi connectivity index (χ0v) is 13.7. The minimum absolute atomic E-state index is 0.000702. The van der Waals surface area contributed by atoms with E-state index in [2.05, 4.69) is 37.0 Å². The minimum Gasteiger partial charge on any atom is -0.383 e. The number of ether oxygens (including phenoxy) is 1. The highest BCUT2D eigenvalue weighted by molar-refractivity contribution is 9.10. The average molecular weight is 406 g/mol. The molecule has 0 unspecified atom stereocenters. The number of aromatic nitrogens is 2. The maximum atomic E-state index is 13.8. The zero-order chi connectivity index (χ0) is 14.7. The lowest BCUT2D eigenvalue weighted by Gasteiger charge is -2.08. The van der Waals surface area contributed by atoms with Crippen LogP contribution < -0.4 is 0 Å². The first-order valence-corrected chi connectivity index (χ1v) is 7.33. The highest BCUT2D eigenvalue weighted by atomic mass is 79.9. The third-order valence-corrected chi connectivity index (χ3v) is 3.76. The molecule has 0 atom stereocenters. The van der Waals surface area contributed by atoms with E-state index in [4.69, 9.17) is 4.74 Å². The number of halogens is 3. The molecule has 0 saturated carbocycles. The number of nitrogens with zero attached hydrogens (tertiary/aromatic N) is 2. The van der Waals surface area contributed by atoms with Crippen molar-refractivity contribution >= 4 is 37.6 Å². The molecular weight excluding hydrogens is 395 g/mol. The molecule has 20 heavy (non-hydrogen) atoms. The fourth-order valence-electron chi connectivity index (χ4n) is 1.73. The first-order valence-electron chi connectivity index (χ1n) is 5.74. The molecule has 1 heterocycles. The molecule has 2 aromatic rings. The third kappa shape index (κ3) is 3.16. The number of hydrogen-bond acceptors (Lipinski definition) is 3. The Morgan fingerprint density at radius 3 is 2.90 bits per heavy atom. The van der Waals surface area contributed by atoms with Gasteiger partial charge in [-0.3, -0.25) is 9.48 Å². The van der Waals surface area contributed by atoms with Crippen LogP contribution in [0.3, 0.4) is 0 Å². The highest BCUT2D eigenvalue weighted by Gasteiger charge is 2.21. The van der Waals surface area contributed by atoms with Gasteiger partial charge in [0, 0.05) is 11.6 Å². The van der Waals surface area contributed by atoms with Crippen molar-refractivity contribution in [2.24, 2.45) is 0 Å². The van der Waals surface area contributed by atoms with Crippen LogP contribution in [0.25, 0.3) is 0 Å². The third-order valence-electron chi connectivity index (χ3n) is 2.69. The minimum atomic E-state index is -0.565. The second kappa shape index (κ2) is 6.60. The van der Waals surface area contributed by atoms with Gasteiger partial charge in [-0.25, -0.2) is 4.39 Å². The van der Waals surface area contributed by atoms with Crippen LogP contribution in [0.2, 0.25) is 0 Å². The van der Waals surface area contributed by atoms with Crippen molar-refractivity contribution < 1.29 is 13.9 Å². The molecule has 4 nitrogen and oxygen atoms in total. The summed E-state index contributed by atoms with van der Waals surface area (Å²) >= 11 is 6.50. The molecule has 0 radical (unpaired) electrons. The number of rotatable bonds is 5. The van der Waals surface area contributed by atoms with Crippen LogP contribution in [-0.4, -0.2) is 29.3 Å². The van der Waals surface area contributed by atoms with Crippen molar-refractivity contribution in [2.75, 3.05) is 13.7 Å². The van der Waals surface area contributed by atoms with Gasteiger partial charge in [-0.1, -0.05) is 15.9 Å². The Hall–Kier alpha value is -1.05. The molecule has 0 aliphatic rings. The zero-order valence-electron chi connectivity index (χ0n) is 10.6. The summed E-state index contributed by atoms with van der Waals surface area (Å²) in [6.07, 6.45) is 1.51. The summed E-state index contributed by atoms with van der Waals surface area (Å²) in [4.78, 5) is 12.5. The smallest absolute Gasteiger partial charge is 0.215 e. The second-order valence-corrected chi connectivity index (χ2v) is 5.78. The standard InChI is InChI=1S/C13H11Br2FN2O2/c1-20-5-4-18-12(10(15)7-17-18)13(19)9-6-8(14)2-3-11(9)16/h2-3,6-7H,4-5H2,1H3. The van der Waals surface area contributed by atoms with Gasteiger partial charge in [0.25, 0.3) is 0 Å². The Labute approximate surface area is 132 Å². The molecule has 1 aromatic heterocycles. The van der Waals surface area contributed by atoms with Crippen LogP contribution in [0.4, 0.5) is 4.39 Å². The van der Waals surface area contributed by atoms with Crippen molar-refractivity contribution in [3.05, 3.63) is 50.4 Å². The Bertz CT molecular complexity index is 643. The topological polar surface area (TPSA) is 44.1 Å². The Morgan fingerprint density at radius 2 is 2.20 bits per heavy atom. The largest absolute Gasteiger partial charge is 0.383 e. The lowest BCUT2D eigenvalue weighted by molar-refractivity contribution is 0.102. The van der Waals surface area contributed by atoms with Crippen LogP contribution in [0.5, 0.6) is 0 Å². The van der Waals surface area contributed by atoms with E-state index in [0.717, 1.165) is 0 Å². The first kappa shape index (κ1) is 15.3. The first-order chi connectivity index (χ1) is 9.54. The van der Waals surface area contributed by atoms with Gasteiger partial charge >= 0.3 is 0 Å². The van der Waals surface area contributed by atoms with Crippen LogP contribution >= 0.6 is 31.9 Å². The molecule has 0 saturated heterocycles. The normalized spacial score (nSPS) is 10.8. The summed E-state index contributed by atoms with van der Waals surface area (Å²) in [5.74, 6) is -0.992. The van der Waals surface area contributed by atoms with Gasteiger partial charge in [-0.15, -0.1) is 0 Å². The van der Waals surface area contributed by atoms with Crippen molar-refractivity contribution in [1.82, 2.24) is 9.78 Å². The molecule has 0 amide bonds. The highest BCUT2D eigenvalue weighted by Crippen LogP contribution is 2.23. The van der Waals surface area contributed by atoms with Crippen LogP contribution in [0.15, 0.2) is 33.3 Å². The van der Waals surface area contributed by atoms with E-state index >= 15 is 0 Å². The number of carbonyl (C=O) groups excluding carboxylic acids is 1. The van der Waals surface area contributed by atoms with E-state index in [1.165, 1.54) is 23.0 Å². The fraction of sp³-hybridized carbons (Fsp3) is 0.231. The van der Waals surface area contributed by atoms with E-state index in [-0.39, 0.29) is 5.56 Å². The number of benzene rings is 1. The van der Waals surface area contributed by atoms with Gasteiger partial charge in [0.2, 0.25) is 5.78 Å². The molecule has 0 aliphatic carbocycles. The molecule has 0 spiro atoms. The molecular formula is C13H11Br2FN2O2. The molecule has 0 fully saturated rings. The molecule has 106 valence electrons. The van der Waals surface area contributed by atoms with Gasteiger partial charge < -0.3 is 4.74 Å². The predicted octanol–water partition coefficient (Wildman–Crippen LogP) is 3.42. The lowest BCUT2D eigenvalue weighted by Crippen LogP contribution is -2.15. The number of ketones is 1. The van der Waals surface area contributed by atoms with Crippen LogP contribution in [0.1, 0.15) is 16.1 Å². The monoisotopic (exact) mass is 404 g/mol. The van der Waals surface area contributed by atoms with E-state index < -0.39 is 11.6 Å². The maximum absolute atomic E-state index is 13.8. The number of carbonyl (C=O) groups is 1. The summed E-state index contributed by atoms with van der Waals surface area (Å²) in [7, 11) is 1.56. The number of hydrogen-bond donors (Lipinski definition) is 0. The fourth-order valence-corrected chi connectivity index (χ4v) is 2.57. The molecule has 0 N–H and O–H groups in total. The molecule has 0 bridgehead atoms. The summed E-state index contributed by atoms with van der Waals surface area (Å²) < 4.78 is 21.4. The molecule has 2 rings (SSSR count). The van der Waals surface area contributed by atoms with Gasteiger partial charge in [-0.2, -0.15) is 5.10 Å². The van der Waals surface area contributed by atoms with Crippen LogP contribution in [-0.2, 0) is 11.3 Å². The Kier molecular flexibility index (Phi) is 5.06. The van der Waals surface area contributed by atoms with E-state index in [9.17, 15) is 9.18 Å². The summed E-state index contributed by atoms with van der Waals surface area (Å²) in [5.41, 5.74) is 0.304. The number of methoxy groups -OCH3 is 1. The maximum Gasteiger partial charge on any atom is 0.215 e. The summed E-state index contributed by atoms with van der Waals surface area (Å²) in [6.45, 7) is 0.828. The van der Waals surface area contributed by atoms with Crippen molar-refractivity contribution in [3.63, 3.8) is 0 Å². The Balaban J connectivity index is 2.42. The molecule has 7 heteroatoms. The Morgan fingerprint density at radius 1 is 1.45 bits per heavy atom. The van der Waals surface area contributed by atoms with Crippen LogP contribution in [0, 0.1) is 5.82 Å². The summed E-state index contributed by atoms with van der Waals surface area (Å²) in [6, 6.07) is 4.25. The van der Waals surface area contributed by atoms with Gasteiger partial charge in [0.1, 0.15) is 11.5 Å². The van der Waals surface area contributed by atoms with Gasteiger partial charge in [0.05, 0.1) is 29.4 Å². The summed E-state index contributed by atoms with van der Waals surface area (Å²) in [5, 5.41) is 4.09. The quantitative estimate of drug-likeness (QED) is 0.716. The van der Waals surface area contributed by atoms with Crippen molar-refractivity contribution in [3.8, 4) is 0 Å².